The largest absolute Gasteiger partial charge is 0.469 e. The van der Waals surface area contributed by atoms with Gasteiger partial charge in [0.2, 0.25) is 0 Å². The van der Waals surface area contributed by atoms with Gasteiger partial charge in [0.25, 0.3) is 0 Å². The maximum atomic E-state index is 6.55. The molecule has 4 nitrogen and oxygen atoms in total. The van der Waals surface area contributed by atoms with E-state index < -0.39 is 8.07 Å². The maximum Gasteiger partial charge on any atom is 0.143 e. The van der Waals surface area contributed by atoms with Gasteiger partial charge < -0.3 is 18.0 Å². The minimum Gasteiger partial charge on any atom is -0.469 e. The van der Waals surface area contributed by atoms with Crippen LogP contribution in [0.1, 0.15) is 47.6 Å². The molecule has 0 N–H and O–H groups in total. The molecule has 0 saturated heterocycles. The van der Waals surface area contributed by atoms with Crippen LogP contribution in [0.3, 0.4) is 0 Å². The maximum absolute atomic E-state index is 6.55. The molecule has 0 saturated carbocycles. The summed E-state index contributed by atoms with van der Waals surface area (Å²) in [7, 11) is 7.25. The van der Waals surface area contributed by atoms with Gasteiger partial charge in [-0.25, -0.2) is 0 Å². The van der Waals surface area contributed by atoms with Gasteiger partial charge in [-0.1, -0.05) is 177 Å². The number of nitrogens with zero attached hydrogens (tertiary/aromatic N) is 2. The van der Waals surface area contributed by atoms with Crippen molar-refractivity contribution in [3.63, 3.8) is 0 Å². The fourth-order valence-electron chi connectivity index (χ4n) is 10.00. The number of aromatic nitrogens is 2. The quantitative estimate of drug-likeness (QED) is 0.0905. The zero-order valence-electron chi connectivity index (χ0n) is 41.1. The van der Waals surface area contributed by atoms with E-state index in [0.29, 0.717) is 5.92 Å². The summed E-state index contributed by atoms with van der Waals surface area (Å²) in [5.74, 6) is 0.486. The number of hydrogen-bond acceptors (Lipinski definition) is 2. The third-order valence-electron chi connectivity index (χ3n) is 13.6. The minimum absolute atomic E-state index is 0. The van der Waals surface area contributed by atoms with E-state index in [4.69, 9.17) is 8.83 Å². The van der Waals surface area contributed by atoms with Crippen LogP contribution >= 0.6 is 0 Å². The topological polar surface area (TPSA) is 34.0 Å². The van der Waals surface area contributed by atoms with Crippen molar-refractivity contribution in [2.75, 3.05) is 0 Å². The Kier molecular flexibility index (Phi) is 12.9. The summed E-state index contributed by atoms with van der Waals surface area (Å²) in [6, 6.07) is 55.0. The number of fused-ring (bicyclic) bond motifs is 6. The van der Waals surface area contributed by atoms with Crippen LogP contribution in [0, 0.1) is 41.8 Å². The average molecular weight is 1110 g/mol. The first-order chi connectivity index (χ1) is 33.2. The van der Waals surface area contributed by atoms with E-state index in [1.165, 1.54) is 33.0 Å². The molecule has 351 valence electrons. The van der Waals surface area contributed by atoms with Crippen molar-refractivity contribution >= 4 is 57.1 Å². The monoisotopic (exact) mass is 1110 g/mol. The second-order valence-electron chi connectivity index (χ2n) is 19.8. The van der Waals surface area contributed by atoms with Gasteiger partial charge >= 0.3 is 0 Å². The number of rotatable bonds is 7. The molecule has 1 radical (unpaired) electrons. The number of furan rings is 2. The Balaban J connectivity index is 0.000000185. The number of hydrogen-bond donors (Lipinski definition) is 0. The SMILES string of the molecule is [CH2-]c1cc(-c2ccccc2)c(C)cc1-c1cc(C(C)C)c([Si](C)(C)C)c[n+]1[CH2-].[CH2-]c1ccc2c(oc3ccc(-c4cccc5c4oc4ccccc45)cc32)c1-c1cc(C)c(-c2ccccc2)c[n+]1[CH2-].[Ir]. The molecule has 0 fully saturated rings. The van der Waals surface area contributed by atoms with Crippen molar-refractivity contribution in [2.24, 2.45) is 0 Å². The first kappa shape index (κ1) is 47.8. The van der Waals surface area contributed by atoms with Gasteiger partial charge in [0.05, 0.1) is 37.4 Å². The molecule has 0 amide bonds. The van der Waals surface area contributed by atoms with Crippen molar-refractivity contribution in [1.82, 2.24) is 0 Å². The van der Waals surface area contributed by atoms with Crippen LogP contribution < -0.4 is 14.3 Å². The van der Waals surface area contributed by atoms with Crippen LogP contribution in [0.4, 0.5) is 0 Å². The normalized spacial score (nSPS) is 11.6. The predicted molar refractivity (Wildman–Crippen MR) is 292 cm³/mol. The Morgan fingerprint density at radius 2 is 1.07 bits per heavy atom. The number of aryl methyl sites for hydroxylation is 2. The first-order valence-corrected chi connectivity index (χ1v) is 27.2. The van der Waals surface area contributed by atoms with Crippen LogP contribution in [0.15, 0.2) is 179 Å². The summed E-state index contributed by atoms with van der Waals surface area (Å²) in [4.78, 5) is 0. The molecular weight excluding hydrogens is 1050 g/mol. The molecule has 70 heavy (non-hydrogen) atoms. The number of pyridine rings is 2. The van der Waals surface area contributed by atoms with Crippen molar-refractivity contribution < 1.29 is 38.1 Å². The average Bonchev–Trinajstić information content (AvgIpc) is 3.91. The zero-order chi connectivity index (χ0) is 48.3. The summed E-state index contributed by atoms with van der Waals surface area (Å²) in [6.07, 6.45) is 4.35. The molecule has 11 rings (SSSR count). The van der Waals surface area contributed by atoms with E-state index >= 15 is 0 Å². The molecule has 7 aromatic carbocycles. The second kappa shape index (κ2) is 18.9. The molecule has 0 bridgehead atoms. The fourth-order valence-corrected chi connectivity index (χ4v) is 11.8. The summed E-state index contributed by atoms with van der Waals surface area (Å²) < 4.78 is 16.9. The van der Waals surface area contributed by atoms with Gasteiger partial charge in [0.15, 0.2) is 0 Å². The van der Waals surface area contributed by atoms with Crippen molar-refractivity contribution in [3.8, 4) is 55.9 Å². The molecular formula is C64H58IrN2O2Si-2. The summed E-state index contributed by atoms with van der Waals surface area (Å²) >= 11 is 0. The van der Waals surface area contributed by atoms with E-state index in [-0.39, 0.29) is 20.1 Å². The van der Waals surface area contributed by atoms with Gasteiger partial charge in [0, 0.05) is 61.3 Å². The Labute approximate surface area is 427 Å². The Hall–Kier alpha value is -7.21. The molecule has 0 aliphatic carbocycles. The minimum atomic E-state index is -1.45. The standard InChI is InChI=1S/C38H26NO2.C26H32NSi.Ir/c1-23-16-18-30-31-21-26(27-13-9-14-29-28-12-7-8-15-34(28)40-37(27)29)17-19-35(31)41-38(30)36(23)33-20-24(2)32(22-39(33)3)25-10-5-4-6-11-25;1-18(2)22-16-25(27(5)17-26(22)28(6,7)8)24-15-19(3)23(14-20(24)4)21-12-10-9-11-13-21;/h4-22H,1,3H2,2H3;9-18H,4-5H2,1-3,6-8H3;/q2*-1;. The van der Waals surface area contributed by atoms with Gasteiger partial charge in [-0.2, -0.15) is 37.1 Å². The molecule has 6 heteroatoms. The predicted octanol–water partition coefficient (Wildman–Crippen LogP) is 16.0. The smallest absolute Gasteiger partial charge is 0.143 e. The van der Waals surface area contributed by atoms with Gasteiger partial charge in [-0.15, -0.1) is 17.7 Å². The van der Waals surface area contributed by atoms with Gasteiger partial charge in [-0.05, 0) is 65.4 Å². The molecule has 0 unspecified atom stereocenters. The van der Waals surface area contributed by atoms with E-state index in [1.54, 1.807) is 0 Å². The molecule has 0 aliphatic heterocycles. The third-order valence-corrected chi connectivity index (χ3v) is 15.6. The van der Waals surface area contributed by atoms with E-state index in [1.807, 2.05) is 33.4 Å². The van der Waals surface area contributed by atoms with Crippen LogP contribution in [-0.2, 0) is 20.1 Å². The van der Waals surface area contributed by atoms with E-state index in [9.17, 15) is 0 Å². The van der Waals surface area contributed by atoms with Crippen molar-refractivity contribution in [3.05, 3.63) is 226 Å². The Morgan fingerprint density at radius 3 is 1.77 bits per heavy atom. The summed E-state index contributed by atoms with van der Waals surface area (Å²) in [5, 5.41) is 5.84. The van der Waals surface area contributed by atoms with E-state index in [0.717, 1.165) is 99.8 Å². The van der Waals surface area contributed by atoms with Gasteiger partial charge in [0.1, 0.15) is 16.7 Å². The molecule has 4 aromatic heterocycles. The van der Waals surface area contributed by atoms with E-state index in [2.05, 4.69) is 221 Å². The van der Waals surface area contributed by atoms with Crippen molar-refractivity contribution in [1.29, 1.82) is 0 Å². The fraction of sp³-hybridized carbons (Fsp3) is 0.125. The van der Waals surface area contributed by atoms with Crippen LogP contribution in [-0.4, -0.2) is 8.07 Å². The van der Waals surface area contributed by atoms with Crippen LogP contribution in [0.5, 0.6) is 0 Å². The number of para-hydroxylation sites is 2. The van der Waals surface area contributed by atoms with Crippen molar-refractivity contribution in [2.45, 2.75) is 53.3 Å². The van der Waals surface area contributed by atoms with Crippen LogP contribution in [0.2, 0.25) is 19.6 Å². The molecule has 4 heterocycles. The van der Waals surface area contributed by atoms with Gasteiger partial charge in [-0.3, -0.25) is 0 Å². The molecule has 0 spiro atoms. The van der Waals surface area contributed by atoms with Crippen LogP contribution in [0.25, 0.3) is 99.8 Å². The first-order valence-electron chi connectivity index (χ1n) is 23.7. The number of benzene rings is 7. The Bertz CT molecular complexity index is 3750. The molecule has 0 aliphatic rings. The molecule has 0 atom stereocenters. The summed E-state index contributed by atoms with van der Waals surface area (Å²) in [5.41, 5.74) is 20.4. The molecule has 11 aromatic rings. The third kappa shape index (κ3) is 8.73. The Morgan fingerprint density at radius 1 is 0.471 bits per heavy atom. The zero-order valence-corrected chi connectivity index (χ0v) is 44.5. The summed E-state index contributed by atoms with van der Waals surface area (Å²) in [6.45, 7) is 24.8. The second-order valence-corrected chi connectivity index (χ2v) is 24.8.